The fraction of sp³-hybridized carbons (Fsp3) is 0.778. The minimum atomic E-state index is 0.265. The molecule has 15 heavy (non-hydrogen) atoms. The molecule has 0 aliphatic carbocycles. The molecule has 1 aromatic heterocycles. The van der Waals surface area contributed by atoms with E-state index >= 15 is 0 Å². The second kappa shape index (κ2) is 4.16. The van der Waals surface area contributed by atoms with Gasteiger partial charge in [0.05, 0.1) is 6.54 Å². The van der Waals surface area contributed by atoms with E-state index in [1.54, 1.807) is 0 Å². The number of aromatic amines is 1. The van der Waals surface area contributed by atoms with Gasteiger partial charge in [0.2, 0.25) is 5.95 Å². The van der Waals surface area contributed by atoms with Crippen LogP contribution < -0.4 is 10.6 Å². The van der Waals surface area contributed by atoms with Gasteiger partial charge < -0.3 is 15.5 Å². The van der Waals surface area contributed by atoms with Gasteiger partial charge in [0, 0.05) is 19.1 Å². The number of aromatic nitrogens is 3. The van der Waals surface area contributed by atoms with Gasteiger partial charge in [-0.2, -0.15) is 4.98 Å². The standard InChI is InChI=1S/C9H18N6/c1-14(2)6-8-11-9(13-12-8)15-4-3-7(10)5-15/h7H,3-6,10H2,1-2H3,(H,11,12,13). The first-order chi connectivity index (χ1) is 7.15. The maximum Gasteiger partial charge on any atom is 0.244 e. The van der Waals surface area contributed by atoms with Crippen LogP contribution in [0.2, 0.25) is 0 Å². The van der Waals surface area contributed by atoms with Crippen LogP contribution in [0.15, 0.2) is 0 Å². The Kier molecular flexibility index (Phi) is 2.88. The molecule has 1 fully saturated rings. The second-order valence-corrected chi connectivity index (χ2v) is 4.31. The number of hydrogen-bond acceptors (Lipinski definition) is 5. The Hall–Kier alpha value is -1.14. The Bertz CT molecular complexity index is 320. The summed E-state index contributed by atoms with van der Waals surface area (Å²) in [4.78, 5) is 8.61. The van der Waals surface area contributed by atoms with Crippen molar-refractivity contribution in [3.63, 3.8) is 0 Å². The molecule has 0 amide bonds. The molecule has 1 aliphatic rings. The second-order valence-electron chi connectivity index (χ2n) is 4.31. The average molecular weight is 210 g/mol. The molecule has 0 spiro atoms. The SMILES string of the molecule is CN(C)Cc1nc(N2CCC(N)C2)n[nH]1. The lowest BCUT2D eigenvalue weighted by atomic mass is 10.3. The van der Waals surface area contributed by atoms with Crippen LogP contribution in [0.4, 0.5) is 5.95 Å². The summed E-state index contributed by atoms with van der Waals surface area (Å²) in [7, 11) is 4.02. The minimum absolute atomic E-state index is 0.265. The molecule has 1 aromatic rings. The number of nitrogens with two attached hydrogens (primary N) is 1. The van der Waals surface area contributed by atoms with Crippen molar-refractivity contribution in [2.45, 2.75) is 19.0 Å². The van der Waals surface area contributed by atoms with E-state index in [-0.39, 0.29) is 6.04 Å². The van der Waals surface area contributed by atoms with Crippen LogP contribution in [0.1, 0.15) is 12.2 Å². The molecule has 1 atom stereocenters. The van der Waals surface area contributed by atoms with Gasteiger partial charge in [0.1, 0.15) is 5.82 Å². The van der Waals surface area contributed by atoms with E-state index in [2.05, 4.69) is 25.0 Å². The first-order valence-corrected chi connectivity index (χ1v) is 5.21. The topological polar surface area (TPSA) is 74.1 Å². The van der Waals surface area contributed by atoms with E-state index in [9.17, 15) is 0 Å². The van der Waals surface area contributed by atoms with Crippen LogP contribution in [0.25, 0.3) is 0 Å². The van der Waals surface area contributed by atoms with Gasteiger partial charge in [0.15, 0.2) is 0 Å². The van der Waals surface area contributed by atoms with Crippen molar-refractivity contribution in [3.8, 4) is 0 Å². The van der Waals surface area contributed by atoms with E-state index in [4.69, 9.17) is 5.73 Å². The molecule has 0 bridgehead atoms. The lowest BCUT2D eigenvalue weighted by Crippen LogP contribution is -2.27. The number of nitrogens with one attached hydrogen (secondary N) is 1. The minimum Gasteiger partial charge on any atom is -0.338 e. The van der Waals surface area contributed by atoms with Crippen LogP contribution in [-0.2, 0) is 6.54 Å². The molecule has 0 aromatic carbocycles. The zero-order valence-electron chi connectivity index (χ0n) is 9.27. The van der Waals surface area contributed by atoms with Gasteiger partial charge in [0.25, 0.3) is 0 Å². The molecule has 84 valence electrons. The van der Waals surface area contributed by atoms with E-state index in [1.165, 1.54) is 0 Å². The van der Waals surface area contributed by atoms with E-state index in [1.807, 2.05) is 14.1 Å². The predicted octanol–water partition coefficient (Wildman–Crippen LogP) is -0.596. The maximum atomic E-state index is 5.83. The summed E-state index contributed by atoms with van der Waals surface area (Å²) in [5.74, 6) is 1.68. The molecular weight excluding hydrogens is 192 g/mol. The number of hydrogen-bond donors (Lipinski definition) is 2. The normalized spacial score (nSPS) is 21.6. The highest BCUT2D eigenvalue weighted by Gasteiger charge is 2.22. The van der Waals surface area contributed by atoms with Crippen LogP contribution >= 0.6 is 0 Å². The lowest BCUT2D eigenvalue weighted by molar-refractivity contribution is 0.391. The first kappa shape index (κ1) is 10.4. The van der Waals surface area contributed by atoms with Gasteiger partial charge in [-0.15, -0.1) is 5.10 Å². The summed E-state index contributed by atoms with van der Waals surface area (Å²) in [5.41, 5.74) is 5.83. The predicted molar refractivity (Wildman–Crippen MR) is 58.6 cm³/mol. The molecule has 1 aliphatic heterocycles. The summed E-state index contributed by atoms with van der Waals surface area (Å²) in [5, 5.41) is 7.14. The summed E-state index contributed by atoms with van der Waals surface area (Å²) < 4.78 is 0. The van der Waals surface area contributed by atoms with Crippen molar-refractivity contribution in [1.29, 1.82) is 0 Å². The number of H-pyrrole nitrogens is 1. The van der Waals surface area contributed by atoms with Crippen molar-refractivity contribution in [3.05, 3.63) is 5.82 Å². The quantitative estimate of drug-likeness (QED) is 0.697. The first-order valence-electron chi connectivity index (χ1n) is 5.21. The van der Waals surface area contributed by atoms with Gasteiger partial charge in [-0.3, -0.25) is 5.10 Å². The number of anilines is 1. The Morgan fingerprint density at radius 1 is 1.60 bits per heavy atom. The molecule has 2 heterocycles. The van der Waals surface area contributed by atoms with E-state index < -0.39 is 0 Å². The monoisotopic (exact) mass is 210 g/mol. The molecule has 1 unspecified atom stereocenters. The Balaban J connectivity index is 2.00. The Morgan fingerprint density at radius 3 is 3.00 bits per heavy atom. The largest absolute Gasteiger partial charge is 0.338 e. The van der Waals surface area contributed by atoms with Gasteiger partial charge >= 0.3 is 0 Å². The third-order valence-corrected chi connectivity index (χ3v) is 2.49. The van der Waals surface area contributed by atoms with Crippen molar-refractivity contribution in [2.24, 2.45) is 5.73 Å². The number of rotatable bonds is 3. The summed E-state index contributed by atoms with van der Waals surface area (Å²) >= 11 is 0. The van der Waals surface area contributed by atoms with Crippen molar-refractivity contribution < 1.29 is 0 Å². The van der Waals surface area contributed by atoms with Crippen molar-refractivity contribution in [2.75, 3.05) is 32.1 Å². The summed E-state index contributed by atoms with van der Waals surface area (Å²) in [6, 6.07) is 0.265. The highest BCUT2D eigenvalue weighted by molar-refractivity contribution is 5.31. The molecule has 2 rings (SSSR count). The number of nitrogens with zero attached hydrogens (tertiary/aromatic N) is 4. The average Bonchev–Trinajstić information content (AvgIpc) is 2.72. The van der Waals surface area contributed by atoms with E-state index in [0.717, 1.165) is 37.8 Å². The highest BCUT2D eigenvalue weighted by atomic mass is 15.4. The fourth-order valence-electron chi connectivity index (χ4n) is 1.77. The van der Waals surface area contributed by atoms with Crippen molar-refractivity contribution in [1.82, 2.24) is 20.1 Å². The molecule has 0 saturated carbocycles. The summed E-state index contributed by atoms with van der Waals surface area (Å²) in [6.45, 7) is 2.60. The zero-order chi connectivity index (χ0) is 10.8. The van der Waals surface area contributed by atoms with E-state index in [0.29, 0.717) is 0 Å². The van der Waals surface area contributed by atoms with Gasteiger partial charge in [-0.05, 0) is 20.5 Å². The third-order valence-electron chi connectivity index (χ3n) is 2.49. The third kappa shape index (κ3) is 2.45. The lowest BCUT2D eigenvalue weighted by Gasteiger charge is -2.11. The van der Waals surface area contributed by atoms with Gasteiger partial charge in [-0.1, -0.05) is 0 Å². The van der Waals surface area contributed by atoms with Gasteiger partial charge in [-0.25, -0.2) is 0 Å². The molecule has 1 saturated heterocycles. The van der Waals surface area contributed by atoms with Crippen LogP contribution in [0.5, 0.6) is 0 Å². The Morgan fingerprint density at radius 2 is 2.40 bits per heavy atom. The zero-order valence-corrected chi connectivity index (χ0v) is 9.27. The van der Waals surface area contributed by atoms with Crippen LogP contribution in [-0.4, -0.2) is 53.3 Å². The van der Waals surface area contributed by atoms with Crippen LogP contribution in [0, 0.1) is 0 Å². The molecule has 0 radical (unpaired) electrons. The molecule has 6 nitrogen and oxygen atoms in total. The fourth-order valence-corrected chi connectivity index (χ4v) is 1.77. The Labute approximate surface area is 89.5 Å². The molecular formula is C9H18N6. The smallest absolute Gasteiger partial charge is 0.244 e. The summed E-state index contributed by atoms with van der Waals surface area (Å²) in [6.07, 6.45) is 1.03. The van der Waals surface area contributed by atoms with Crippen molar-refractivity contribution >= 4 is 5.95 Å². The molecule has 6 heteroatoms. The molecule has 3 N–H and O–H groups in total. The maximum absolute atomic E-state index is 5.83. The van der Waals surface area contributed by atoms with Crippen LogP contribution in [0.3, 0.4) is 0 Å². The highest BCUT2D eigenvalue weighted by Crippen LogP contribution is 2.14.